The second-order valence-corrected chi connectivity index (χ2v) is 5.85. The maximum Gasteiger partial charge on any atom is 0.0794 e. The highest BCUT2D eigenvalue weighted by Crippen LogP contribution is 2.28. The van der Waals surface area contributed by atoms with Gasteiger partial charge in [-0.15, -0.1) is 11.3 Å². The van der Waals surface area contributed by atoms with E-state index in [1.807, 2.05) is 29.9 Å². The van der Waals surface area contributed by atoms with Crippen molar-refractivity contribution >= 4 is 38.9 Å². The lowest BCUT2D eigenvalue weighted by molar-refractivity contribution is 0.555. The smallest absolute Gasteiger partial charge is 0.0794 e. The zero-order valence-electron chi connectivity index (χ0n) is 8.86. The summed E-state index contributed by atoms with van der Waals surface area (Å²) in [6, 6.07) is 5.79. The second kappa shape index (κ2) is 5.93. The molecule has 1 aromatic heterocycles. The molecular formula is C11H11BrClN3S. The number of hydrazine groups is 1. The predicted molar refractivity (Wildman–Crippen MR) is 75.0 cm³/mol. The Bertz CT molecular complexity index is 489. The van der Waals surface area contributed by atoms with Gasteiger partial charge in [0.15, 0.2) is 0 Å². The fourth-order valence-electron chi connectivity index (χ4n) is 1.59. The van der Waals surface area contributed by atoms with Gasteiger partial charge in [-0.05, 0) is 17.7 Å². The third-order valence-electron chi connectivity index (χ3n) is 2.43. The number of rotatable bonds is 4. The summed E-state index contributed by atoms with van der Waals surface area (Å²) >= 11 is 11.2. The van der Waals surface area contributed by atoms with Crippen molar-refractivity contribution in [1.29, 1.82) is 0 Å². The first-order valence-electron chi connectivity index (χ1n) is 4.99. The van der Waals surface area contributed by atoms with Crippen LogP contribution in [0.3, 0.4) is 0 Å². The zero-order valence-corrected chi connectivity index (χ0v) is 12.0. The number of hydrogen-bond donors (Lipinski definition) is 2. The average molecular weight is 333 g/mol. The fourth-order valence-corrected chi connectivity index (χ4v) is 3.03. The highest BCUT2D eigenvalue weighted by molar-refractivity contribution is 9.10. The number of halogens is 2. The highest BCUT2D eigenvalue weighted by atomic mass is 79.9. The van der Waals surface area contributed by atoms with Gasteiger partial charge in [0.1, 0.15) is 0 Å². The molecule has 0 amide bonds. The van der Waals surface area contributed by atoms with Gasteiger partial charge in [-0.25, -0.2) is 0 Å². The Labute approximate surface area is 117 Å². The molecule has 3 nitrogen and oxygen atoms in total. The Kier molecular flexibility index (Phi) is 4.53. The number of thiazole rings is 1. The minimum atomic E-state index is -0.00366. The van der Waals surface area contributed by atoms with E-state index in [1.54, 1.807) is 11.3 Å². The van der Waals surface area contributed by atoms with E-state index < -0.39 is 0 Å². The monoisotopic (exact) mass is 331 g/mol. The fraction of sp³-hybridized carbons (Fsp3) is 0.182. The van der Waals surface area contributed by atoms with Gasteiger partial charge >= 0.3 is 0 Å². The van der Waals surface area contributed by atoms with Crippen molar-refractivity contribution in [3.05, 3.63) is 49.8 Å². The Hall–Kier alpha value is -0.460. The Morgan fingerprint density at radius 1 is 1.53 bits per heavy atom. The average Bonchev–Trinajstić information content (AvgIpc) is 2.79. The minimum absolute atomic E-state index is 0.00366. The molecule has 0 saturated carbocycles. The molecule has 0 aliphatic rings. The standard InChI is InChI=1S/C11H11BrClN3S/c12-7-1-2-9(10(13)3-7)11(16-14)4-8-5-15-6-17-8/h1-3,5-6,11,16H,4,14H2. The molecule has 3 N–H and O–H groups in total. The van der Waals surface area contributed by atoms with Gasteiger partial charge in [-0.3, -0.25) is 16.3 Å². The molecule has 0 radical (unpaired) electrons. The van der Waals surface area contributed by atoms with Crippen molar-refractivity contribution in [2.45, 2.75) is 12.5 Å². The van der Waals surface area contributed by atoms with Crippen LogP contribution in [0.2, 0.25) is 5.02 Å². The van der Waals surface area contributed by atoms with Crippen LogP contribution in [0, 0.1) is 0 Å². The van der Waals surface area contributed by atoms with E-state index in [-0.39, 0.29) is 6.04 Å². The predicted octanol–water partition coefficient (Wildman–Crippen LogP) is 3.31. The topological polar surface area (TPSA) is 50.9 Å². The van der Waals surface area contributed by atoms with Gasteiger partial charge in [0.05, 0.1) is 11.6 Å². The van der Waals surface area contributed by atoms with Crippen LogP contribution in [0.5, 0.6) is 0 Å². The molecule has 90 valence electrons. The van der Waals surface area contributed by atoms with Crippen molar-refractivity contribution < 1.29 is 0 Å². The van der Waals surface area contributed by atoms with Gasteiger partial charge in [-0.1, -0.05) is 33.6 Å². The normalized spacial score (nSPS) is 12.6. The van der Waals surface area contributed by atoms with Crippen LogP contribution in [0.15, 0.2) is 34.4 Å². The second-order valence-electron chi connectivity index (χ2n) is 3.56. The molecule has 17 heavy (non-hydrogen) atoms. The number of nitrogens with one attached hydrogen (secondary N) is 1. The van der Waals surface area contributed by atoms with Gasteiger partial charge in [0.25, 0.3) is 0 Å². The first kappa shape index (κ1) is 13.0. The molecule has 1 heterocycles. The summed E-state index contributed by atoms with van der Waals surface area (Å²) in [6.07, 6.45) is 2.63. The van der Waals surface area contributed by atoms with Gasteiger partial charge in [-0.2, -0.15) is 0 Å². The van der Waals surface area contributed by atoms with Crippen molar-refractivity contribution in [1.82, 2.24) is 10.4 Å². The molecule has 2 rings (SSSR count). The quantitative estimate of drug-likeness (QED) is 0.667. The number of hydrogen-bond acceptors (Lipinski definition) is 4. The summed E-state index contributed by atoms with van der Waals surface area (Å²) in [4.78, 5) is 5.22. The number of benzene rings is 1. The Morgan fingerprint density at radius 3 is 2.94 bits per heavy atom. The van der Waals surface area contributed by atoms with E-state index in [9.17, 15) is 0 Å². The molecule has 0 saturated heterocycles. The summed E-state index contributed by atoms with van der Waals surface area (Å²) in [5, 5.41) is 0.701. The molecule has 0 fully saturated rings. The maximum absolute atomic E-state index is 6.21. The largest absolute Gasteiger partial charge is 0.271 e. The van der Waals surface area contributed by atoms with Crippen LogP contribution in [-0.4, -0.2) is 4.98 Å². The lowest BCUT2D eigenvalue weighted by Crippen LogP contribution is -2.29. The van der Waals surface area contributed by atoms with Crippen LogP contribution >= 0.6 is 38.9 Å². The molecule has 1 atom stereocenters. The molecule has 0 spiro atoms. The maximum atomic E-state index is 6.21. The first-order valence-corrected chi connectivity index (χ1v) is 7.04. The number of nitrogens with two attached hydrogens (primary N) is 1. The molecule has 0 bridgehead atoms. The van der Waals surface area contributed by atoms with E-state index >= 15 is 0 Å². The lowest BCUT2D eigenvalue weighted by atomic mass is 10.0. The summed E-state index contributed by atoms with van der Waals surface area (Å²) in [5.74, 6) is 5.59. The van der Waals surface area contributed by atoms with Crippen molar-refractivity contribution in [3.8, 4) is 0 Å². The van der Waals surface area contributed by atoms with Crippen molar-refractivity contribution in [2.75, 3.05) is 0 Å². The highest BCUT2D eigenvalue weighted by Gasteiger charge is 2.14. The third kappa shape index (κ3) is 3.26. The van der Waals surface area contributed by atoms with Gasteiger partial charge < -0.3 is 0 Å². The van der Waals surface area contributed by atoms with Crippen LogP contribution in [-0.2, 0) is 6.42 Å². The van der Waals surface area contributed by atoms with E-state index in [0.29, 0.717) is 5.02 Å². The minimum Gasteiger partial charge on any atom is -0.271 e. The van der Waals surface area contributed by atoms with Gasteiger partial charge in [0.2, 0.25) is 0 Å². The van der Waals surface area contributed by atoms with Gasteiger partial charge in [0, 0.05) is 27.0 Å². The summed E-state index contributed by atoms with van der Waals surface area (Å²) < 4.78 is 0.958. The van der Waals surface area contributed by atoms with Crippen LogP contribution in [0.25, 0.3) is 0 Å². The van der Waals surface area contributed by atoms with Crippen molar-refractivity contribution in [2.24, 2.45) is 5.84 Å². The number of aromatic nitrogens is 1. The lowest BCUT2D eigenvalue weighted by Gasteiger charge is -2.16. The van der Waals surface area contributed by atoms with Crippen molar-refractivity contribution in [3.63, 3.8) is 0 Å². The SMILES string of the molecule is NNC(Cc1cncs1)c1ccc(Br)cc1Cl. The third-order valence-corrected chi connectivity index (χ3v) is 4.05. The molecule has 6 heteroatoms. The van der Waals surface area contributed by atoms with Crippen LogP contribution in [0.1, 0.15) is 16.5 Å². The molecule has 0 aliphatic carbocycles. The Morgan fingerprint density at radius 2 is 2.35 bits per heavy atom. The van der Waals surface area contributed by atoms with E-state index in [1.165, 1.54) is 4.88 Å². The van der Waals surface area contributed by atoms with Crippen LogP contribution in [0.4, 0.5) is 0 Å². The summed E-state index contributed by atoms with van der Waals surface area (Å²) in [7, 11) is 0. The summed E-state index contributed by atoms with van der Waals surface area (Å²) in [5.41, 5.74) is 5.60. The van der Waals surface area contributed by atoms with E-state index in [0.717, 1.165) is 16.5 Å². The first-order chi connectivity index (χ1) is 8.20. The van der Waals surface area contributed by atoms with Crippen LogP contribution < -0.4 is 11.3 Å². The van der Waals surface area contributed by atoms with E-state index in [2.05, 4.69) is 26.3 Å². The molecule has 2 aromatic rings. The Balaban J connectivity index is 2.23. The summed E-state index contributed by atoms with van der Waals surface area (Å²) in [6.45, 7) is 0. The molecular weight excluding hydrogens is 322 g/mol. The molecule has 1 unspecified atom stereocenters. The molecule has 0 aliphatic heterocycles. The number of nitrogens with zero attached hydrogens (tertiary/aromatic N) is 1. The zero-order chi connectivity index (χ0) is 12.3. The van der Waals surface area contributed by atoms with E-state index in [4.69, 9.17) is 17.4 Å². The molecule has 1 aromatic carbocycles.